The van der Waals surface area contributed by atoms with Crippen molar-refractivity contribution < 1.29 is 21.2 Å². The molecule has 4 aromatic heterocycles. The normalized spacial score (nSPS) is 23.9. The number of aromatic nitrogens is 5. The molecule has 3 aliphatic heterocycles. The van der Waals surface area contributed by atoms with Gasteiger partial charge in [-0.2, -0.15) is 0 Å². The van der Waals surface area contributed by atoms with E-state index in [1.165, 1.54) is 24.6 Å². The van der Waals surface area contributed by atoms with Gasteiger partial charge < -0.3 is 5.32 Å². The Morgan fingerprint density at radius 3 is 2.58 bits per heavy atom. The fraction of sp³-hybridized carbons (Fsp3) is 0.278. The molecule has 226 valence electrons. The number of nitrogens with one attached hydrogen (secondary N) is 3. The van der Waals surface area contributed by atoms with E-state index >= 15 is 0 Å². The van der Waals surface area contributed by atoms with E-state index in [1.807, 2.05) is 49.6 Å². The van der Waals surface area contributed by atoms with Gasteiger partial charge in [0.2, 0.25) is 0 Å². The van der Waals surface area contributed by atoms with Crippen molar-refractivity contribution in [3.63, 3.8) is 0 Å². The van der Waals surface area contributed by atoms with Gasteiger partial charge in [0.15, 0.2) is 0 Å². The molecule has 2 bridgehead atoms. The Balaban J connectivity index is 0.975. The van der Waals surface area contributed by atoms with Crippen molar-refractivity contribution in [2.75, 3.05) is 17.7 Å². The van der Waals surface area contributed by atoms with Gasteiger partial charge in [-0.15, -0.1) is 0 Å². The zero-order valence-electron chi connectivity index (χ0n) is 25.5. The van der Waals surface area contributed by atoms with Crippen LogP contribution in [0.2, 0.25) is 0 Å². The number of H-pyrrole nitrogens is 1. The van der Waals surface area contributed by atoms with Gasteiger partial charge >= 0.3 is 192 Å². The molecule has 0 amide bonds. The van der Waals surface area contributed by atoms with Crippen LogP contribution in [0.1, 0.15) is 36.2 Å². The van der Waals surface area contributed by atoms with Crippen molar-refractivity contribution >= 4 is 44.7 Å². The van der Waals surface area contributed by atoms with Gasteiger partial charge in [0, 0.05) is 23.3 Å². The van der Waals surface area contributed by atoms with E-state index in [4.69, 9.17) is 15.0 Å². The molecule has 3 aliphatic rings. The Morgan fingerprint density at radius 2 is 1.71 bits per heavy atom. The predicted octanol–water partition coefficient (Wildman–Crippen LogP) is 4.21. The summed E-state index contributed by atoms with van der Waals surface area (Å²) in [6.45, 7) is 4.05. The molecule has 45 heavy (non-hydrogen) atoms. The first-order valence-corrected chi connectivity index (χ1v) is 18.0. The molecule has 0 saturated carbocycles. The van der Waals surface area contributed by atoms with Crippen LogP contribution in [0.5, 0.6) is 0 Å². The first-order chi connectivity index (χ1) is 21.9. The maximum atomic E-state index is 4.89. The third-order valence-corrected chi connectivity index (χ3v) is 14.6. The number of nitrogens with zero attached hydrogens (tertiary/aromatic N) is 5. The number of hydrogen-bond donors (Lipinski definition) is 3. The SMILES string of the molecule is Cc1cc(Nc2ccc3nc(-c4ccc(Nc5cc(C)nc6ccc([C@@]78C[C@H]9CC[C@@H]([C@@H]7[I-]8)N9C)cc56)cn4)[nH]c3c2)ccn1. The summed E-state index contributed by atoms with van der Waals surface area (Å²) in [5.41, 5.74) is 11.2. The van der Waals surface area contributed by atoms with E-state index in [1.54, 1.807) is 5.56 Å². The van der Waals surface area contributed by atoms with Gasteiger partial charge in [-0.25, -0.2) is 0 Å². The monoisotopic (exact) mass is 705 g/mol. The fourth-order valence-electron chi connectivity index (χ4n) is 7.52. The summed E-state index contributed by atoms with van der Waals surface area (Å²) in [4.78, 5) is 24.9. The number of alkyl halides is 2. The predicted molar refractivity (Wildman–Crippen MR) is 176 cm³/mol. The van der Waals surface area contributed by atoms with Crippen LogP contribution in [0.4, 0.5) is 22.7 Å². The van der Waals surface area contributed by atoms with E-state index in [2.05, 4.69) is 75.9 Å². The zero-order chi connectivity index (χ0) is 30.3. The molecule has 3 N–H and O–H groups in total. The van der Waals surface area contributed by atoms with E-state index in [0.29, 0.717) is 3.42 Å². The van der Waals surface area contributed by atoms with Crippen LogP contribution in [0.3, 0.4) is 0 Å². The van der Waals surface area contributed by atoms with E-state index in [0.717, 1.165) is 78.2 Å². The van der Waals surface area contributed by atoms with Crippen molar-refractivity contribution in [1.29, 1.82) is 0 Å². The molecule has 0 aliphatic carbocycles. The first kappa shape index (κ1) is 27.2. The van der Waals surface area contributed by atoms with Gasteiger partial charge in [0.25, 0.3) is 0 Å². The Morgan fingerprint density at radius 1 is 0.844 bits per heavy atom. The standard InChI is InChI=1S/C36H34IN8/c1-20-14-24(12-13-38-20)41-23-5-9-29-32(17-23)44-35(43-29)30-10-6-25(19-39-30)42-31-15-21(2)40-28-8-4-22(16-27(28)31)36-18-26-7-11-33(45(26)3)34(36)37-36/h4-6,8-10,12-17,19,26,33-34H,7,11,18H2,1-3H3,(H,38,41)(H,40,42)(H,43,44)/q-1/t26-,33+,34+,36+/m1/s1. The van der Waals surface area contributed by atoms with Crippen molar-refractivity contribution in [3.8, 4) is 11.5 Å². The van der Waals surface area contributed by atoms with Crippen LogP contribution >= 0.6 is 0 Å². The number of aryl methyl sites for hydroxylation is 2. The molecule has 2 aromatic carbocycles. The van der Waals surface area contributed by atoms with Gasteiger partial charge in [-0.05, 0) is 37.3 Å². The topological polar surface area (TPSA) is 94.6 Å². The maximum absolute atomic E-state index is 4.89. The average Bonchev–Trinajstić information content (AvgIpc) is 3.51. The summed E-state index contributed by atoms with van der Waals surface area (Å²) < 4.78 is 1.36. The summed E-state index contributed by atoms with van der Waals surface area (Å²) in [6, 6.07) is 25.0. The summed E-state index contributed by atoms with van der Waals surface area (Å²) in [6.07, 6.45) is 7.79. The van der Waals surface area contributed by atoms with E-state index in [-0.39, 0.29) is 21.2 Å². The van der Waals surface area contributed by atoms with Crippen molar-refractivity contribution in [3.05, 3.63) is 96.1 Å². The van der Waals surface area contributed by atoms with Gasteiger partial charge in [-0.1, -0.05) is 0 Å². The van der Waals surface area contributed by atoms with Crippen LogP contribution < -0.4 is 31.8 Å². The number of fused-ring (bicyclic) bond motifs is 6. The quantitative estimate of drug-likeness (QED) is 0.177. The number of piperidine rings is 1. The number of rotatable bonds is 6. The molecule has 8 nitrogen and oxygen atoms in total. The molecular weight excluding hydrogens is 671 g/mol. The van der Waals surface area contributed by atoms with Crippen LogP contribution in [0.15, 0.2) is 79.1 Å². The molecular formula is C36H34IN8-. The number of halogens is 1. The molecule has 7 heterocycles. The molecule has 9 heteroatoms. The number of hydrogen-bond acceptors (Lipinski definition) is 7. The third-order valence-electron chi connectivity index (χ3n) is 9.83. The smallest absolute Gasteiger partial charge is 0.261 e. The summed E-state index contributed by atoms with van der Waals surface area (Å²) >= 11 is 0.183. The Hall–Kier alpha value is -4.09. The second kappa shape index (κ2) is 10.2. The third kappa shape index (κ3) is 4.66. The van der Waals surface area contributed by atoms with Crippen LogP contribution in [0, 0.1) is 13.8 Å². The zero-order valence-corrected chi connectivity index (χ0v) is 27.6. The second-order valence-corrected chi connectivity index (χ2v) is 16.7. The Kier molecular flexibility index (Phi) is 6.18. The van der Waals surface area contributed by atoms with Crippen molar-refractivity contribution in [2.24, 2.45) is 0 Å². The molecule has 0 radical (unpaired) electrons. The minimum absolute atomic E-state index is 0.183. The van der Waals surface area contributed by atoms with Gasteiger partial charge in [0.05, 0.1) is 11.0 Å². The molecule has 6 aromatic rings. The Bertz CT molecular complexity index is 2110. The van der Waals surface area contributed by atoms with E-state index < -0.39 is 0 Å². The van der Waals surface area contributed by atoms with Crippen LogP contribution in [-0.2, 0) is 3.42 Å². The average molecular weight is 706 g/mol. The summed E-state index contributed by atoms with van der Waals surface area (Å²) in [7, 11) is 2.36. The number of aromatic amines is 1. The van der Waals surface area contributed by atoms with Crippen molar-refractivity contribution in [1.82, 2.24) is 29.8 Å². The molecule has 3 saturated heterocycles. The number of pyridine rings is 3. The molecule has 0 spiro atoms. The Labute approximate surface area is 272 Å². The van der Waals surface area contributed by atoms with Crippen LogP contribution in [0.25, 0.3) is 33.5 Å². The van der Waals surface area contributed by atoms with Crippen LogP contribution in [-0.4, -0.2) is 52.9 Å². The van der Waals surface area contributed by atoms with E-state index in [9.17, 15) is 0 Å². The van der Waals surface area contributed by atoms with Crippen molar-refractivity contribution in [2.45, 2.75) is 52.5 Å². The minimum atomic E-state index is 0.183. The molecule has 9 rings (SSSR count). The molecule has 3 fully saturated rings. The summed E-state index contributed by atoms with van der Waals surface area (Å²) in [5, 5.41) is 8.32. The number of benzene rings is 2. The summed E-state index contributed by atoms with van der Waals surface area (Å²) in [5.74, 6) is 0.747. The fourth-order valence-corrected chi connectivity index (χ4v) is 12.3. The molecule has 0 unspecified atom stereocenters. The number of anilines is 4. The minimum Gasteiger partial charge on any atom is -0.261 e. The molecule has 4 atom stereocenters. The van der Waals surface area contributed by atoms with Gasteiger partial charge in [-0.3, -0.25) is 4.98 Å². The first-order valence-electron chi connectivity index (χ1n) is 15.6. The van der Waals surface area contributed by atoms with Gasteiger partial charge in [0.1, 0.15) is 0 Å². The second-order valence-electron chi connectivity index (χ2n) is 12.8. The number of imidazole rings is 1.